The number of fused-ring (bicyclic) bond motifs is 1. The lowest BCUT2D eigenvalue weighted by atomic mass is 10.1. The van der Waals surface area contributed by atoms with E-state index in [1.165, 1.54) is 6.07 Å². The molecule has 0 atom stereocenters. The van der Waals surface area contributed by atoms with E-state index in [0.29, 0.717) is 11.4 Å². The third-order valence-electron chi connectivity index (χ3n) is 2.92. The molecule has 0 bridgehead atoms. The fourth-order valence-electron chi connectivity index (χ4n) is 1.91. The Labute approximate surface area is 108 Å². The third-order valence-corrected chi connectivity index (χ3v) is 2.92. The van der Waals surface area contributed by atoms with Gasteiger partial charge in [0.05, 0.1) is 34.3 Å². The van der Waals surface area contributed by atoms with Crippen LogP contribution in [0.5, 0.6) is 0 Å². The van der Waals surface area contributed by atoms with Crippen molar-refractivity contribution in [3.63, 3.8) is 0 Å². The number of imidazole rings is 1. The topological polar surface area (TPSA) is 91.8 Å². The number of hydrogen-bond acceptors (Lipinski definition) is 4. The molecule has 0 spiro atoms. The lowest BCUT2D eigenvalue weighted by Crippen LogP contribution is -2.04. The molecule has 0 aliphatic heterocycles. The fourth-order valence-corrected chi connectivity index (χ4v) is 1.91. The number of aromatic amines is 1. The van der Waals surface area contributed by atoms with Gasteiger partial charge in [0, 0.05) is 5.56 Å². The van der Waals surface area contributed by atoms with E-state index < -0.39 is 5.97 Å². The van der Waals surface area contributed by atoms with Crippen molar-refractivity contribution < 1.29 is 9.90 Å². The number of carboxylic acid groups (broad SMARTS) is 1. The van der Waals surface area contributed by atoms with Crippen molar-refractivity contribution in [1.82, 2.24) is 20.2 Å². The van der Waals surface area contributed by atoms with Crippen LogP contribution in [0.25, 0.3) is 22.3 Å². The van der Waals surface area contributed by atoms with Crippen LogP contribution in [-0.4, -0.2) is 31.2 Å². The first-order valence-corrected chi connectivity index (χ1v) is 5.66. The van der Waals surface area contributed by atoms with Gasteiger partial charge in [-0.2, -0.15) is 10.2 Å². The molecule has 0 aliphatic rings. The Morgan fingerprint density at radius 1 is 1.26 bits per heavy atom. The molecule has 6 heteroatoms. The average molecular weight is 254 g/mol. The number of H-pyrrole nitrogens is 1. The summed E-state index contributed by atoms with van der Waals surface area (Å²) < 4.78 is 0. The molecule has 0 amide bonds. The fraction of sp³-hybridized carbons (Fsp3) is 0.0769. The van der Waals surface area contributed by atoms with Crippen LogP contribution in [0.15, 0.2) is 30.6 Å². The number of hydrogen-bond donors (Lipinski definition) is 2. The highest BCUT2D eigenvalue weighted by molar-refractivity contribution is 5.90. The zero-order valence-corrected chi connectivity index (χ0v) is 10.1. The number of nitrogens with one attached hydrogen (secondary N) is 1. The van der Waals surface area contributed by atoms with Gasteiger partial charge in [-0.3, -0.25) is 0 Å². The summed E-state index contributed by atoms with van der Waals surface area (Å²) in [7, 11) is 0. The highest BCUT2D eigenvalue weighted by Crippen LogP contribution is 2.22. The van der Waals surface area contributed by atoms with E-state index in [0.717, 1.165) is 16.6 Å². The zero-order valence-electron chi connectivity index (χ0n) is 10.1. The minimum absolute atomic E-state index is 0.162. The predicted octanol–water partition coefficient (Wildman–Crippen LogP) is 2.03. The normalized spacial score (nSPS) is 10.8. The van der Waals surface area contributed by atoms with Crippen molar-refractivity contribution in [2.45, 2.75) is 6.92 Å². The molecule has 3 rings (SSSR count). The molecule has 19 heavy (non-hydrogen) atoms. The summed E-state index contributed by atoms with van der Waals surface area (Å²) in [6, 6.07) is 7.09. The van der Waals surface area contributed by atoms with Crippen LogP contribution in [0.4, 0.5) is 0 Å². The third kappa shape index (κ3) is 1.93. The summed E-state index contributed by atoms with van der Waals surface area (Å²) in [6.07, 6.45) is 1.61. The molecule has 2 aromatic heterocycles. The molecule has 6 nitrogen and oxygen atoms in total. The number of rotatable bonds is 2. The molecule has 2 heterocycles. The van der Waals surface area contributed by atoms with Gasteiger partial charge in [0.15, 0.2) is 0 Å². The van der Waals surface area contributed by atoms with E-state index in [-0.39, 0.29) is 5.56 Å². The highest BCUT2D eigenvalue weighted by Gasteiger charge is 2.12. The van der Waals surface area contributed by atoms with Crippen LogP contribution in [0.2, 0.25) is 0 Å². The van der Waals surface area contributed by atoms with Gasteiger partial charge in [0.1, 0.15) is 0 Å². The van der Waals surface area contributed by atoms with Crippen LogP contribution in [0, 0.1) is 6.92 Å². The second-order valence-electron chi connectivity index (χ2n) is 4.17. The number of aryl methyl sites for hydroxylation is 1. The monoisotopic (exact) mass is 254 g/mol. The van der Waals surface area contributed by atoms with E-state index in [9.17, 15) is 4.79 Å². The van der Waals surface area contributed by atoms with Crippen molar-refractivity contribution in [3.05, 3.63) is 41.9 Å². The second-order valence-corrected chi connectivity index (χ2v) is 4.17. The minimum atomic E-state index is -1.00. The van der Waals surface area contributed by atoms with Crippen molar-refractivity contribution >= 4 is 17.0 Å². The molecule has 0 saturated heterocycles. The van der Waals surface area contributed by atoms with Crippen LogP contribution in [0.1, 0.15) is 16.1 Å². The molecule has 0 aliphatic carbocycles. The van der Waals surface area contributed by atoms with Crippen LogP contribution >= 0.6 is 0 Å². The lowest BCUT2D eigenvalue weighted by Gasteiger charge is -2.03. The van der Waals surface area contributed by atoms with E-state index in [1.807, 2.05) is 18.2 Å². The number of benzene rings is 1. The summed E-state index contributed by atoms with van der Waals surface area (Å²) >= 11 is 0. The molecular formula is C13H10N4O2. The predicted molar refractivity (Wildman–Crippen MR) is 68.8 cm³/mol. The van der Waals surface area contributed by atoms with Gasteiger partial charge in [-0.1, -0.05) is 6.07 Å². The molecular weight excluding hydrogens is 244 g/mol. The van der Waals surface area contributed by atoms with Gasteiger partial charge >= 0.3 is 5.97 Å². The van der Waals surface area contributed by atoms with Gasteiger partial charge in [-0.25, -0.2) is 9.78 Å². The lowest BCUT2D eigenvalue weighted by molar-refractivity contribution is 0.0695. The highest BCUT2D eigenvalue weighted by atomic mass is 16.4. The summed E-state index contributed by atoms with van der Waals surface area (Å²) in [5.74, 6) is -1.00. The number of carboxylic acids is 1. The van der Waals surface area contributed by atoms with Crippen molar-refractivity contribution in [1.29, 1.82) is 0 Å². The Balaban J connectivity index is 2.15. The van der Waals surface area contributed by atoms with Gasteiger partial charge in [-0.15, -0.1) is 0 Å². The second kappa shape index (κ2) is 4.16. The van der Waals surface area contributed by atoms with Gasteiger partial charge in [0.25, 0.3) is 0 Å². The first-order chi connectivity index (χ1) is 9.15. The first kappa shape index (κ1) is 11.3. The standard InChI is InChI=1S/C13H10N4O2/c1-7-9(13(18)19)5-11(17-16-7)8-2-3-10-12(4-8)15-6-14-10/h2-6H,1H3,(H,14,15)(H,18,19). The van der Waals surface area contributed by atoms with Crippen molar-refractivity contribution in [2.75, 3.05) is 0 Å². The van der Waals surface area contributed by atoms with E-state index in [4.69, 9.17) is 5.11 Å². The maximum atomic E-state index is 11.1. The molecule has 2 N–H and O–H groups in total. The van der Waals surface area contributed by atoms with Crippen LogP contribution in [-0.2, 0) is 0 Å². The SMILES string of the molecule is Cc1nnc(-c2ccc3nc[nH]c3c2)cc1C(=O)O. The number of aromatic carboxylic acids is 1. The maximum Gasteiger partial charge on any atom is 0.337 e. The quantitative estimate of drug-likeness (QED) is 0.730. The Morgan fingerprint density at radius 2 is 2.11 bits per heavy atom. The van der Waals surface area contributed by atoms with Gasteiger partial charge < -0.3 is 10.1 Å². The van der Waals surface area contributed by atoms with Crippen molar-refractivity contribution in [3.8, 4) is 11.3 Å². The largest absolute Gasteiger partial charge is 0.478 e. The van der Waals surface area contributed by atoms with Crippen LogP contribution in [0.3, 0.4) is 0 Å². The molecule has 0 radical (unpaired) electrons. The summed E-state index contributed by atoms with van der Waals surface area (Å²) in [5.41, 5.74) is 3.61. The zero-order chi connectivity index (χ0) is 13.4. The van der Waals surface area contributed by atoms with Gasteiger partial charge in [0.2, 0.25) is 0 Å². The van der Waals surface area contributed by atoms with E-state index in [1.54, 1.807) is 13.3 Å². The average Bonchev–Trinajstić information content (AvgIpc) is 2.86. The molecule has 0 unspecified atom stereocenters. The summed E-state index contributed by atoms with van der Waals surface area (Å²) in [6.45, 7) is 1.62. The van der Waals surface area contributed by atoms with E-state index >= 15 is 0 Å². The first-order valence-electron chi connectivity index (χ1n) is 5.66. The smallest absolute Gasteiger partial charge is 0.337 e. The summed E-state index contributed by atoms with van der Waals surface area (Å²) in [5, 5.41) is 17.0. The molecule has 3 aromatic rings. The number of nitrogens with zero attached hydrogens (tertiary/aromatic N) is 3. The van der Waals surface area contributed by atoms with E-state index in [2.05, 4.69) is 20.2 Å². The molecule has 0 saturated carbocycles. The van der Waals surface area contributed by atoms with Gasteiger partial charge in [-0.05, 0) is 25.1 Å². The number of carbonyl (C=O) groups is 1. The number of aromatic nitrogens is 4. The molecule has 94 valence electrons. The van der Waals surface area contributed by atoms with Crippen LogP contribution < -0.4 is 0 Å². The summed E-state index contributed by atoms with van der Waals surface area (Å²) in [4.78, 5) is 18.2. The Hall–Kier alpha value is -2.76. The Kier molecular flexibility index (Phi) is 2.49. The Bertz CT molecular complexity index is 779. The minimum Gasteiger partial charge on any atom is -0.478 e. The van der Waals surface area contributed by atoms with Crippen molar-refractivity contribution in [2.24, 2.45) is 0 Å². The maximum absolute atomic E-state index is 11.1. The molecule has 1 aromatic carbocycles. The Morgan fingerprint density at radius 3 is 2.89 bits per heavy atom. The molecule has 0 fully saturated rings.